The van der Waals surface area contributed by atoms with Gasteiger partial charge in [-0.25, -0.2) is 15.0 Å². The van der Waals surface area contributed by atoms with Crippen LogP contribution in [0.5, 0.6) is 0 Å². The molecule has 162 valence electrons. The van der Waals surface area contributed by atoms with Gasteiger partial charge < -0.3 is 15.1 Å². The van der Waals surface area contributed by atoms with Crippen LogP contribution in [0.4, 0.5) is 5.95 Å². The van der Waals surface area contributed by atoms with Gasteiger partial charge in [-0.3, -0.25) is 9.89 Å². The van der Waals surface area contributed by atoms with E-state index in [1.807, 2.05) is 13.1 Å². The number of nitrogens with zero attached hydrogens (tertiary/aromatic N) is 7. The number of guanidine groups is 1. The molecule has 2 aromatic heterocycles. The van der Waals surface area contributed by atoms with Gasteiger partial charge in [0.05, 0.1) is 10.7 Å². The number of thiazole rings is 1. The number of likely N-dealkylation sites (tertiary alicyclic amines) is 1. The first-order valence-corrected chi connectivity index (χ1v) is 11.7. The van der Waals surface area contributed by atoms with Crippen LogP contribution in [0.2, 0.25) is 0 Å². The molecule has 0 saturated carbocycles. The predicted molar refractivity (Wildman–Crippen MR) is 122 cm³/mol. The van der Waals surface area contributed by atoms with Gasteiger partial charge in [0.1, 0.15) is 0 Å². The Balaban J connectivity index is 1.18. The quantitative estimate of drug-likeness (QED) is 0.576. The summed E-state index contributed by atoms with van der Waals surface area (Å²) in [6, 6.07) is 1.86. The number of piperidine rings is 1. The summed E-state index contributed by atoms with van der Waals surface area (Å²) in [7, 11) is 1.88. The molecule has 2 fully saturated rings. The van der Waals surface area contributed by atoms with Crippen molar-refractivity contribution in [3.05, 3.63) is 34.5 Å². The lowest BCUT2D eigenvalue weighted by molar-refractivity contribution is 0.176. The average molecular weight is 429 g/mol. The van der Waals surface area contributed by atoms with Crippen molar-refractivity contribution < 1.29 is 0 Å². The summed E-state index contributed by atoms with van der Waals surface area (Å²) in [5, 5.41) is 6.98. The summed E-state index contributed by atoms with van der Waals surface area (Å²) >= 11 is 1.74. The molecule has 0 aliphatic carbocycles. The zero-order valence-corrected chi connectivity index (χ0v) is 18.8. The summed E-state index contributed by atoms with van der Waals surface area (Å²) in [6.45, 7) is 10.1. The molecule has 2 aliphatic heterocycles. The van der Waals surface area contributed by atoms with Crippen LogP contribution in [0.15, 0.2) is 28.8 Å². The zero-order valence-electron chi connectivity index (χ0n) is 18.0. The van der Waals surface area contributed by atoms with E-state index in [1.54, 1.807) is 23.7 Å². The lowest BCUT2D eigenvalue weighted by Gasteiger charge is -2.37. The summed E-state index contributed by atoms with van der Waals surface area (Å²) in [5.41, 5.74) is 1.22. The summed E-state index contributed by atoms with van der Waals surface area (Å²) in [6.07, 6.45) is 6.06. The number of piperazine rings is 1. The van der Waals surface area contributed by atoms with E-state index in [1.165, 1.54) is 18.5 Å². The van der Waals surface area contributed by atoms with E-state index >= 15 is 0 Å². The highest BCUT2D eigenvalue weighted by molar-refractivity contribution is 7.09. The molecule has 8 nitrogen and oxygen atoms in total. The van der Waals surface area contributed by atoms with Crippen molar-refractivity contribution in [3.8, 4) is 0 Å². The Morgan fingerprint density at radius 3 is 2.50 bits per heavy atom. The molecule has 4 rings (SSSR count). The monoisotopic (exact) mass is 428 g/mol. The zero-order chi connectivity index (χ0) is 20.8. The largest absolute Gasteiger partial charge is 0.356 e. The van der Waals surface area contributed by atoms with Crippen molar-refractivity contribution in [2.75, 3.05) is 57.8 Å². The summed E-state index contributed by atoms with van der Waals surface area (Å²) in [4.78, 5) is 25.0. The first-order chi connectivity index (χ1) is 14.7. The molecule has 2 aromatic rings. The Morgan fingerprint density at radius 1 is 1.13 bits per heavy atom. The Morgan fingerprint density at radius 2 is 1.87 bits per heavy atom. The molecule has 0 unspecified atom stereocenters. The van der Waals surface area contributed by atoms with Gasteiger partial charge in [-0.1, -0.05) is 0 Å². The molecule has 2 aliphatic rings. The number of aryl methyl sites for hydroxylation is 1. The van der Waals surface area contributed by atoms with Crippen molar-refractivity contribution in [3.63, 3.8) is 0 Å². The maximum absolute atomic E-state index is 4.60. The second kappa shape index (κ2) is 10.2. The van der Waals surface area contributed by atoms with Crippen LogP contribution in [0.1, 0.15) is 23.5 Å². The molecule has 0 amide bonds. The van der Waals surface area contributed by atoms with Gasteiger partial charge in [-0.2, -0.15) is 0 Å². The van der Waals surface area contributed by atoms with E-state index in [4.69, 9.17) is 0 Å². The van der Waals surface area contributed by atoms with Gasteiger partial charge in [-0.05, 0) is 44.8 Å². The molecule has 1 N–H and O–H groups in total. The average Bonchev–Trinajstić information content (AvgIpc) is 3.21. The van der Waals surface area contributed by atoms with Gasteiger partial charge in [0.25, 0.3) is 0 Å². The molecular weight excluding hydrogens is 396 g/mol. The van der Waals surface area contributed by atoms with Crippen LogP contribution >= 0.6 is 11.3 Å². The number of nitrogens with one attached hydrogen (secondary N) is 1. The Kier molecular flexibility index (Phi) is 7.11. The number of hydrogen-bond donors (Lipinski definition) is 1. The third-order valence-electron chi connectivity index (χ3n) is 5.93. The molecule has 30 heavy (non-hydrogen) atoms. The van der Waals surface area contributed by atoms with Crippen LogP contribution in [0.3, 0.4) is 0 Å². The van der Waals surface area contributed by atoms with E-state index in [9.17, 15) is 0 Å². The van der Waals surface area contributed by atoms with Crippen molar-refractivity contribution in [2.24, 2.45) is 10.9 Å². The molecule has 4 heterocycles. The van der Waals surface area contributed by atoms with Crippen LogP contribution in [0.25, 0.3) is 0 Å². The van der Waals surface area contributed by atoms with Crippen molar-refractivity contribution in [1.82, 2.24) is 30.1 Å². The van der Waals surface area contributed by atoms with E-state index in [0.29, 0.717) is 5.92 Å². The van der Waals surface area contributed by atoms with Gasteiger partial charge >= 0.3 is 0 Å². The highest BCUT2D eigenvalue weighted by Crippen LogP contribution is 2.19. The minimum Gasteiger partial charge on any atom is -0.356 e. The third kappa shape index (κ3) is 5.46. The van der Waals surface area contributed by atoms with Crippen molar-refractivity contribution >= 4 is 23.2 Å². The second-order valence-electron chi connectivity index (χ2n) is 8.03. The van der Waals surface area contributed by atoms with Gasteiger partial charge in [0.2, 0.25) is 5.95 Å². The summed E-state index contributed by atoms with van der Waals surface area (Å²) < 4.78 is 0. The molecule has 0 bridgehead atoms. The maximum Gasteiger partial charge on any atom is 0.225 e. The third-order valence-corrected chi connectivity index (χ3v) is 6.76. The van der Waals surface area contributed by atoms with Crippen molar-refractivity contribution in [2.45, 2.75) is 26.3 Å². The highest BCUT2D eigenvalue weighted by Gasteiger charge is 2.23. The molecule has 0 atom stereocenters. The first kappa shape index (κ1) is 21.0. The van der Waals surface area contributed by atoms with Gasteiger partial charge in [0, 0.05) is 64.1 Å². The summed E-state index contributed by atoms with van der Waals surface area (Å²) in [5.74, 6) is 2.54. The molecule has 2 saturated heterocycles. The van der Waals surface area contributed by atoms with Crippen LogP contribution in [-0.2, 0) is 6.54 Å². The SMILES string of the molecule is CN=C(NCC1CCN(Cc2csc(C)n2)CC1)N1CCN(c2ncccn2)CC1. The van der Waals surface area contributed by atoms with E-state index in [2.05, 4.69) is 52.3 Å². The Bertz CT molecular complexity index is 807. The molecular formula is C21H32N8S. The Hall–Kier alpha value is -2.26. The molecule has 0 radical (unpaired) electrons. The van der Waals surface area contributed by atoms with Gasteiger partial charge in [0.15, 0.2) is 5.96 Å². The lowest BCUT2D eigenvalue weighted by atomic mass is 9.97. The van der Waals surface area contributed by atoms with Crippen LogP contribution < -0.4 is 10.2 Å². The fraction of sp³-hybridized carbons (Fsp3) is 0.619. The fourth-order valence-corrected chi connectivity index (χ4v) is 4.80. The lowest BCUT2D eigenvalue weighted by Crippen LogP contribution is -2.53. The normalized spacial score (nSPS) is 19.3. The van der Waals surface area contributed by atoms with Gasteiger partial charge in [-0.15, -0.1) is 11.3 Å². The number of rotatable bonds is 5. The second-order valence-corrected chi connectivity index (χ2v) is 9.09. The number of hydrogen-bond acceptors (Lipinski definition) is 7. The maximum atomic E-state index is 4.60. The smallest absolute Gasteiger partial charge is 0.225 e. The fourth-order valence-electron chi connectivity index (χ4n) is 4.20. The molecule has 0 aromatic carbocycles. The first-order valence-electron chi connectivity index (χ1n) is 10.8. The predicted octanol–water partition coefficient (Wildman–Crippen LogP) is 1.85. The van der Waals surface area contributed by atoms with E-state index < -0.39 is 0 Å². The number of anilines is 1. The Labute approximate surface area is 183 Å². The highest BCUT2D eigenvalue weighted by atomic mass is 32.1. The van der Waals surface area contributed by atoms with E-state index in [0.717, 1.165) is 69.3 Å². The van der Waals surface area contributed by atoms with Crippen molar-refractivity contribution in [1.29, 1.82) is 0 Å². The number of aliphatic imine (C=N–C) groups is 1. The van der Waals surface area contributed by atoms with Crippen LogP contribution in [0, 0.1) is 12.8 Å². The molecule has 9 heteroatoms. The van der Waals surface area contributed by atoms with E-state index in [-0.39, 0.29) is 0 Å². The number of aromatic nitrogens is 3. The minimum atomic E-state index is 0.703. The molecule has 0 spiro atoms. The van der Waals surface area contributed by atoms with Crippen LogP contribution in [-0.4, -0.2) is 83.6 Å². The standard InChI is InChI=1S/C21H32N8S/c1-17-26-19(16-30-17)15-27-8-4-18(5-9-27)14-25-20(22-2)28-10-12-29(13-11-28)21-23-6-3-7-24-21/h3,6-7,16,18H,4-5,8-15H2,1-2H3,(H,22,25). The topological polar surface area (TPSA) is 72.8 Å². The minimum absolute atomic E-state index is 0.703.